The molecule has 0 aliphatic carbocycles. The molecule has 10 heteroatoms. The Balaban J connectivity index is 1.32. The van der Waals surface area contributed by atoms with E-state index < -0.39 is 0 Å². The van der Waals surface area contributed by atoms with Crippen molar-refractivity contribution in [2.45, 2.75) is 20.3 Å². The number of anilines is 2. The maximum Gasteiger partial charge on any atom is 0.250 e. The number of hydrogen-bond acceptors (Lipinski definition) is 8. The molecule has 0 spiro atoms. The standard InChI is InChI=1S/C19H24N8OS/c1-3-16-14(2)29-18(20-16)21-17(28)13-25-9-11-26(12-10-25)19-22-23-24-27(19)15-7-5-4-6-8-15/h4-8H,3,9-13H2,1-2H3,(H,20,21,28). The van der Waals surface area contributed by atoms with Gasteiger partial charge in [-0.3, -0.25) is 9.69 Å². The van der Waals surface area contributed by atoms with Crippen molar-refractivity contribution in [2.75, 3.05) is 42.9 Å². The van der Waals surface area contributed by atoms with Crippen molar-refractivity contribution >= 4 is 28.3 Å². The molecule has 1 N–H and O–H groups in total. The summed E-state index contributed by atoms with van der Waals surface area (Å²) in [4.78, 5) is 22.3. The van der Waals surface area contributed by atoms with E-state index in [0.717, 1.165) is 54.8 Å². The second kappa shape index (κ2) is 8.66. The highest BCUT2D eigenvalue weighted by Gasteiger charge is 2.23. The number of carbonyl (C=O) groups excluding carboxylic acids is 1. The molecule has 152 valence electrons. The number of thiazole rings is 1. The predicted molar refractivity (Wildman–Crippen MR) is 113 cm³/mol. The second-order valence-corrected chi connectivity index (χ2v) is 8.12. The van der Waals surface area contributed by atoms with Gasteiger partial charge in [-0.1, -0.05) is 30.2 Å². The summed E-state index contributed by atoms with van der Waals surface area (Å²) in [5.41, 5.74) is 1.98. The van der Waals surface area contributed by atoms with Crippen LogP contribution in [0.5, 0.6) is 0 Å². The third kappa shape index (κ3) is 4.43. The molecule has 0 bridgehead atoms. The molecule has 4 rings (SSSR count). The number of amides is 1. The molecule has 0 saturated carbocycles. The van der Waals surface area contributed by atoms with Crippen LogP contribution >= 0.6 is 11.3 Å². The number of para-hydroxylation sites is 1. The van der Waals surface area contributed by atoms with Crippen molar-refractivity contribution in [3.8, 4) is 5.69 Å². The van der Waals surface area contributed by atoms with Gasteiger partial charge in [0.25, 0.3) is 0 Å². The number of aromatic nitrogens is 5. The lowest BCUT2D eigenvalue weighted by atomic mass is 10.3. The number of nitrogens with one attached hydrogen (secondary N) is 1. The normalized spacial score (nSPS) is 14.9. The molecule has 0 unspecified atom stereocenters. The molecule has 0 atom stereocenters. The average Bonchev–Trinajstić information content (AvgIpc) is 3.35. The third-order valence-corrected chi connectivity index (χ3v) is 5.88. The van der Waals surface area contributed by atoms with Gasteiger partial charge in [0.1, 0.15) is 0 Å². The molecule has 1 aromatic carbocycles. The molecule has 1 saturated heterocycles. The van der Waals surface area contributed by atoms with E-state index in [-0.39, 0.29) is 5.91 Å². The summed E-state index contributed by atoms with van der Waals surface area (Å²) < 4.78 is 1.75. The summed E-state index contributed by atoms with van der Waals surface area (Å²) in [7, 11) is 0. The van der Waals surface area contributed by atoms with Crippen LogP contribution in [-0.4, -0.2) is 68.7 Å². The zero-order valence-corrected chi connectivity index (χ0v) is 17.4. The van der Waals surface area contributed by atoms with Gasteiger partial charge in [-0.15, -0.1) is 11.3 Å². The van der Waals surface area contributed by atoms with Crippen LogP contribution in [0.25, 0.3) is 5.69 Å². The lowest BCUT2D eigenvalue weighted by Crippen LogP contribution is -2.49. The van der Waals surface area contributed by atoms with Crippen LogP contribution in [0.1, 0.15) is 17.5 Å². The molecule has 3 heterocycles. The number of aryl methyl sites for hydroxylation is 2. The van der Waals surface area contributed by atoms with E-state index in [1.165, 1.54) is 11.3 Å². The Bertz CT molecular complexity index is 962. The van der Waals surface area contributed by atoms with Gasteiger partial charge < -0.3 is 10.2 Å². The summed E-state index contributed by atoms with van der Waals surface area (Å²) in [6.07, 6.45) is 0.878. The Morgan fingerprint density at radius 2 is 1.93 bits per heavy atom. The number of benzene rings is 1. The molecular formula is C19H24N8OS. The van der Waals surface area contributed by atoms with E-state index in [1.807, 2.05) is 37.3 Å². The van der Waals surface area contributed by atoms with E-state index in [2.05, 4.69) is 42.5 Å². The van der Waals surface area contributed by atoms with Gasteiger partial charge in [0.2, 0.25) is 11.9 Å². The quantitative estimate of drug-likeness (QED) is 0.659. The molecular weight excluding hydrogens is 388 g/mol. The Morgan fingerprint density at radius 3 is 2.62 bits per heavy atom. The minimum absolute atomic E-state index is 0.0241. The highest BCUT2D eigenvalue weighted by molar-refractivity contribution is 7.15. The number of rotatable bonds is 6. The van der Waals surface area contributed by atoms with Crippen molar-refractivity contribution in [1.82, 2.24) is 30.1 Å². The molecule has 2 aromatic heterocycles. The van der Waals surface area contributed by atoms with Gasteiger partial charge in [-0.25, -0.2) is 4.98 Å². The summed E-state index contributed by atoms with van der Waals surface area (Å²) in [5, 5.41) is 15.8. The minimum atomic E-state index is -0.0241. The zero-order valence-electron chi connectivity index (χ0n) is 16.6. The van der Waals surface area contributed by atoms with Crippen LogP contribution in [0.2, 0.25) is 0 Å². The smallest absolute Gasteiger partial charge is 0.250 e. The molecule has 1 aliphatic rings. The van der Waals surface area contributed by atoms with Crippen LogP contribution in [0.3, 0.4) is 0 Å². The average molecular weight is 413 g/mol. The molecule has 9 nitrogen and oxygen atoms in total. The first-order valence-corrected chi connectivity index (χ1v) is 10.5. The monoisotopic (exact) mass is 412 g/mol. The van der Waals surface area contributed by atoms with Crippen molar-refractivity contribution in [3.05, 3.63) is 40.9 Å². The number of hydrogen-bond donors (Lipinski definition) is 1. The van der Waals surface area contributed by atoms with Crippen molar-refractivity contribution in [1.29, 1.82) is 0 Å². The SMILES string of the molecule is CCc1nc(NC(=O)CN2CCN(c3nnnn3-c3ccccc3)CC2)sc1C. The van der Waals surface area contributed by atoms with Crippen LogP contribution in [0.4, 0.5) is 11.1 Å². The molecule has 1 fully saturated rings. The molecule has 3 aromatic rings. The zero-order chi connectivity index (χ0) is 20.2. The lowest BCUT2D eigenvalue weighted by Gasteiger charge is -2.34. The van der Waals surface area contributed by atoms with Crippen LogP contribution in [0, 0.1) is 6.92 Å². The maximum atomic E-state index is 12.4. The van der Waals surface area contributed by atoms with E-state index in [9.17, 15) is 4.79 Å². The first kappa shape index (κ1) is 19.5. The topological polar surface area (TPSA) is 92.1 Å². The van der Waals surface area contributed by atoms with E-state index >= 15 is 0 Å². The van der Waals surface area contributed by atoms with Crippen molar-refractivity contribution in [3.63, 3.8) is 0 Å². The van der Waals surface area contributed by atoms with Gasteiger partial charge in [-0.05, 0) is 35.9 Å². The van der Waals surface area contributed by atoms with Gasteiger partial charge in [0.05, 0.1) is 17.9 Å². The summed E-state index contributed by atoms with van der Waals surface area (Å²) >= 11 is 1.53. The van der Waals surface area contributed by atoms with Crippen LogP contribution in [0.15, 0.2) is 30.3 Å². The third-order valence-electron chi connectivity index (χ3n) is 4.95. The van der Waals surface area contributed by atoms with E-state index in [1.54, 1.807) is 4.68 Å². The summed E-state index contributed by atoms with van der Waals surface area (Å²) in [6.45, 7) is 7.53. The fourth-order valence-corrected chi connectivity index (χ4v) is 4.31. The van der Waals surface area contributed by atoms with E-state index in [0.29, 0.717) is 11.7 Å². The lowest BCUT2D eigenvalue weighted by molar-refractivity contribution is -0.117. The Morgan fingerprint density at radius 1 is 1.17 bits per heavy atom. The van der Waals surface area contributed by atoms with Crippen LogP contribution in [-0.2, 0) is 11.2 Å². The molecule has 0 radical (unpaired) electrons. The maximum absolute atomic E-state index is 12.4. The molecule has 1 amide bonds. The first-order chi connectivity index (χ1) is 14.1. The van der Waals surface area contributed by atoms with Gasteiger partial charge in [0, 0.05) is 31.1 Å². The first-order valence-electron chi connectivity index (χ1n) is 9.71. The number of nitrogens with zero attached hydrogens (tertiary/aromatic N) is 7. The minimum Gasteiger partial charge on any atom is -0.337 e. The van der Waals surface area contributed by atoms with Crippen molar-refractivity contribution in [2.24, 2.45) is 0 Å². The Hall–Kier alpha value is -2.85. The predicted octanol–water partition coefficient (Wildman–Crippen LogP) is 1.75. The summed E-state index contributed by atoms with van der Waals surface area (Å²) in [5.74, 6) is 0.703. The molecule has 1 aliphatic heterocycles. The molecule has 29 heavy (non-hydrogen) atoms. The summed E-state index contributed by atoms with van der Waals surface area (Å²) in [6, 6.07) is 9.85. The Kier molecular flexibility index (Phi) is 5.81. The van der Waals surface area contributed by atoms with Crippen molar-refractivity contribution < 1.29 is 4.79 Å². The fourth-order valence-electron chi connectivity index (χ4n) is 3.39. The van der Waals surface area contributed by atoms with Gasteiger partial charge in [-0.2, -0.15) is 4.68 Å². The highest BCUT2D eigenvalue weighted by Crippen LogP contribution is 2.22. The Labute approximate surface area is 173 Å². The largest absolute Gasteiger partial charge is 0.337 e. The highest BCUT2D eigenvalue weighted by atomic mass is 32.1. The fraction of sp³-hybridized carbons (Fsp3) is 0.421. The number of piperazine rings is 1. The number of tetrazole rings is 1. The van der Waals surface area contributed by atoms with Crippen LogP contribution < -0.4 is 10.2 Å². The van der Waals surface area contributed by atoms with Gasteiger partial charge in [0.15, 0.2) is 5.13 Å². The second-order valence-electron chi connectivity index (χ2n) is 6.91. The van der Waals surface area contributed by atoms with Gasteiger partial charge >= 0.3 is 0 Å². The van der Waals surface area contributed by atoms with E-state index in [4.69, 9.17) is 0 Å². The number of carbonyl (C=O) groups is 1.